The molecular formula is C20H11NO. The summed E-state index contributed by atoms with van der Waals surface area (Å²) in [5.74, 6) is 0. The van der Waals surface area contributed by atoms with E-state index in [9.17, 15) is 0 Å². The Morgan fingerprint density at radius 2 is 1.27 bits per heavy atom. The van der Waals surface area contributed by atoms with Crippen LogP contribution < -0.4 is 0 Å². The molecule has 2 aromatic heterocycles. The zero-order chi connectivity index (χ0) is 14.3. The molecule has 2 nitrogen and oxygen atoms in total. The molecular weight excluding hydrogens is 270 g/mol. The smallest absolute Gasteiger partial charge is 0.136 e. The van der Waals surface area contributed by atoms with Gasteiger partial charge in [0.05, 0.1) is 5.52 Å². The van der Waals surface area contributed by atoms with Crippen molar-refractivity contribution in [3.05, 3.63) is 60.7 Å². The molecule has 0 aliphatic rings. The summed E-state index contributed by atoms with van der Waals surface area (Å²) in [5, 5.41) is 7.54. The van der Waals surface area contributed by atoms with E-state index >= 15 is 0 Å². The van der Waals surface area contributed by atoms with Crippen LogP contribution in [0.4, 0.5) is 0 Å². The number of hydrogen-bond acceptors (Lipinski definition) is 1. The molecule has 0 saturated carbocycles. The lowest BCUT2D eigenvalue weighted by Crippen LogP contribution is -1.79. The van der Waals surface area contributed by atoms with E-state index in [4.69, 9.17) is 4.42 Å². The van der Waals surface area contributed by atoms with Gasteiger partial charge in [-0.25, -0.2) is 0 Å². The van der Waals surface area contributed by atoms with Crippen molar-refractivity contribution in [2.45, 2.75) is 0 Å². The van der Waals surface area contributed by atoms with Crippen molar-refractivity contribution >= 4 is 54.5 Å². The van der Waals surface area contributed by atoms with Gasteiger partial charge >= 0.3 is 0 Å². The molecule has 102 valence electrons. The van der Waals surface area contributed by atoms with Gasteiger partial charge < -0.3 is 9.40 Å². The van der Waals surface area contributed by atoms with Crippen molar-refractivity contribution in [1.82, 2.24) is 4.98 Å². The molecule has 1 N–H and O–H groups in total. The highest BCUT2D eigenvalue weighted by atomic mass is 16.3. The molecule has 0 atom stereocenters. The van der Waals surface area contributed by atoms with Crippen molar-refractivity contribution in [1.29, 1.82) is 0 Å². The van der Waals surface area contributed by atoms with Gasteiger partial charge in [0.25, 0.3) is 0 Å². The van der Waals surface area contributed by atoms with Crippen LogP contribution in [-0.4, -0.2) is 4.98 Å². The number of para-hydroxylation sites is 1. The minimum atomic E-state index is 0.962. The fourth-order valence-electron chi connectivity index (χ4n) is 3.91. The average molecular weight is 281 g/mol. The van der Waals surface area contributed by atoms with Crippen LogP contribution in [0, 0.1) is 0 Å². The van der Waals surface area contributed by atoms with E-state index in [0.717, 1.165) is 11.2 Å². The average Bonchev–Trinajstić information content (AvgIpc) is 3.13. The maximum Gasteiger partial charge on any atom is 0.136 e. The van der Waals surface area contributed by atoms with E-state index in [1.807, 2.05) is 0 Å². The summed E-state index contributed by atoms with van der Waals surface area (Å²) in [7, 11) is 0. The maximum absolute atomic E-state index is 6.05. The summed E-state index contributed by atoms with van der Waals surface area (Å²) in [6.07, 6.45) is 0. The third-order valence-electron chi connectivity index (χ3n) is 4.77. The third-order valence-corrected chi connectivity index (χ3v) is 4.77. The summed E-state index contributed by atoms with van der Waals surface area (Å²) in [6, 6.07) is 21.1. The highest BCUT2D eigenvalue weighted by molar-refractivity contribution is 6.36. The topological polar surface area (TPSA) is 28.9 Å². The number of fused-ring (bicyclic) bond motifs is 5. The van der Waals surface area contributed by atoms with E-state index in [-0.39, 0.29) is 0 Å². The Morgan fingerprint density at radius 1 is 0.591 bits per heavy atom. The van der Waals surface area contributed by atoms with E-state index in [0.29, 0.717) is 0 Å². The first-order chi connectivity index (χ1) is 10.9. The number of nitrogens with one attached hydrogen (secondary N) is 1. The van der Waals surface area contributed by atoms with Crippen LogP contribution in [0.3, 0.4) is 0 Å². The van der Waals surface area contributed by atoms with Crippen molar-refractivity contribution in [2.75, 3.05) is 0 Å². The van der Waals surface area contributed by atoms with Gasteiger partial charge in [-0.15, -0.1) is 0 Å². The molecule has 0 bridgehead atoms. The number of rotatable bonds is 0. The van der Waals surface area contributed by atoms with Crippen LogP contribution in [0.25, 0.3) is 54.5 Å². The predicted octanol–water partition coefficient (Wildman–Crippen LogP) is 5.81. The zero-order valence-corrected chi connectivity index (χ0v) is 11.7. The standard InChI is InChI=1S/C20H11NO/c1-2-8-14-11(5-1)17-12-6-3-9-15-18(12)19-13(20(17)21-14)7-4-10-16(19)22-15/h1-10,21H. The molecule has 6 aromatic rings. The molecule has 4 aromatic carbocycles. The number of aromatic nitrogens is 1. The summed E-state index contributed by atoms with van der Waals surface area (Å²) < 4.78 is 6.05. The van der Waals surface area contributed by atoms with Crippen LogP contribution in [0.15, 0.2) is 65.1 Å². The summed E-state index contributed by atoms with van der Waals surface area (Å²) >= 11 is 0. The van der Waals surface area contributed by atoms with Crippen LogP contribution in [-0.2, 0) is 0 Å². The van der Waals surface area contributed by atoms with Crippen molar-refractivity contribution < 1.29 is 4.42 Å². The van der Waals surface area contributed by atoms with Crippen LogP contribution >= 0.6 is 0 Å². The van der Waals surface area contributed by atoms with Crippen LogP contribution in [0.5, 0.6) is 0 Å². The number of hydrogen-bond donors (Lipinski definition) is 1. The molecule has 0 radical (unpaired) electrons. The van der Waals surface area contributed by atoms with Crippen LogP contribution in [0.1, 0.15) is 0 Å². The van der Waals surface area contributed by atoms with E-state index < -0.39 is 0 Å². The second-order valence-electron chi connectivity index (χ2n) is 5.88. The minimum Gasteiger partial charge on any atom is -0.456 e. The quantitative estimate of drug-likeness (QED) is 0.350. The molecule has 0 aliphatic heterocycles. The van der Waals surface area contributed by atoms with Crippen molar-refractivity contribution in [3.8, 4) is 0 Å². The normalized spacial score (nSPS) is 12.5. The highest BCUT2D eigenvalue weighted by Gasteiger charge is 2.18. The Bertz CT molecular complexity index is 1320. The lowest BCUT2D eigenvalue weighted by Gasteiger charge is -2.04. The van der Waals surface area contributed by atoms with Crippen LogP contribution in [0.2, 0.25) is 0 Å². The first-order valence-corrected chi connectivity index (χ1v) is 7.47. The molecule has 0 aliphatic carbocycles. The largest absolute Gasteiger partial charge is 0.456 e. The second kappa shape index (κ2) is 3.42. The molecule has 6 rings (SSSR count). The monoisotopic (exact) mass is 281 g/mol. The Hall–Kier alpha value is -3.00. The molecule has 0 unspecified atom stereocenters. The van der Waals surface area contributed by atoms with Gasteiger partial charge in [0.2, 0.25) is 0 Å². The van der Waals surface area contributed by atoms with Gasteiger partial charge in [-0.2, -0.15) is 0 Å². The van der Waals surface area contributed by atoms with Gasteiger partial charge in [-0.05, 0) is 23.6 Å². The predicted molar refractivity (Wildman–Crippen MR) is 91.8 cm³/mol. The first-order valence-electron chi connectivity index (χ1n) is 7.47. The lowest BCUT2D eigenvalue weighted by atomic mass is 9.97. The van der Waals surface area contributed by atoms with E-state index in [1.165, 1.54) is 43.4 Å². The molecule has 22 heavy (non-hydrogen) atoms. The number of H-pyrrole nitrogens is 1. The van der Waals surface area contributed by atoms with Gasteiger partial charge in [-0.3, -0.25) is 0 Å². The van der Waals surface area contributed by atoms with E-state index in [2.05, 4.69) is 65.6 Å². The van der Waals surface area contributed by atoms with Crippen molar-refractivity contribution in [2.24, 2.45) is 0 Å². The Morgan fingerprint density at radius 3 is 2.14 bits per heavy atom. The Balaban J connectivity index is 2.14. The third kappa shape index (κ3) is 1.06. The Labute approximate surface area is 125 Å². The second-order valence-corrected chi connectivity index (χ2v) is 5.88. The molecule has 0 amide bonds. The van der Waals surface area contributed by atoms with Crippen molar-refractivity contribution in [3.63, 3.8) is 0 Å². The minimum absolute atomic E-state index is 0.962. The fourth-order valence-corrected chi connectivity index (χ4v) is 3.91. The first kappa shape index (κ1) is 10.7. The van der Waals surface area contributed by atoms with Gasteiger partial charge in [0, 0.05) is 32.4 Å². The number of benzene rings is 4. The van der Waals surface area contributed by atoms with Gasteiger partial charge in [-0.1, -0.05) is 42.5 Å². The lowest BCUT2D eigenvalue weighted by molar-refractivity contribution is 0.669. The molecule has 0 spiro atoms. The number of aromatic amines is 1. The van der Waals surface area contributed by atoms with Gasteiger partial charge in [0.15, 0.2) is 0 Å². The van der Waals surface area contributed by atoms with E-state index in [1.54, 1.807) is 0 Å². The number of furan rings is 1. The molecule has 0 saturated heterocycles. The Kier molecular flexibility index (Phi) is 1.66. The molecule has 0 fully saturated rings. The molecule has 2 heteroatoms. The fraction of sp³-hybridized carbons (Fsp3) is 0. The summed E-state index contributed by atoms with van der Waals surface area (Å²) in [4.78, 5) is 3.61. The summed E-state index contributed by atoms with van der Waals surface area (Å²) in [6.45, 7) is 0. The maximum atomic E-state index is 6.05. The zero-order valence-electron chi connectivity index (χ0n) is 11.7. The SMILES string of the molecule is c1ccc2c(c1)[nH]c1c3cccc4oc5cccc(c21)c5c43. The molecule has 2 heterocycles. The summed E-state index contributed by atoms with van der Waals surface area (Å²) in [5.41, 5.74) is 4.32. The highest BCUT2D eigenvalue weighted by Crippen LogP contribution is 2.44. The van der Waals surface area contributed by atoms with Gasteiger partial charge in [0.1, 0.15) is 11.2 Å².